The molecule has 11 rings (SSSR count). The summed E-state index contributed by atoms with van der Waals surface area (Å²) in [5.74, 6) is 0.611. The lowest BCUT2D eigenvalue weighted by molar-refractivity contribution is 0.995. The summed E-state index contributed by atoms with van der Waals surface area (Å²) in [6.45, 7) is 2.14. The van der Waals surface area contributed by atoms with Gasteiger partial charge in [-0.05, 0) is 95.9 Å². The number of benzene rings is 8. The van der Waals surface area contributed by atoms with Gasteiger partial charge in [0.1, 0.15) is 0 Å². The van der Waals surface area contributed by atoms with Crippen LogP contribution in [0.1, 0.15) is 11.1 Å². The van der Waals surface area contributed by atoms with E-state index in [4.69, 9.17) is 9.97 Å². The van der Waals surface area contributed by atoms with Crippen LogP contribution in [0.15, 0.2) is 194 Å². The van der Waals surface area contributed by atoms with E-state index in [2.05, 4.69) is 174 Å². The number of nitrogens with zero attached hydrogens (tertiary/aromatic N) is 5. The lowest BCUT2D eigenvalue weighted by Crippen LogP contribution is -2.04. The highest BCUT2D eigenvalue weighted by molar-refractivity contribution is 6.12. The van der Waals surface area contributed by atoms with Gasteiger partial charge < -0.3 is 4.57 Å². The van der Waals surface area contributed by atoms with Crippen LogP contribution >= 0.6 is 0 Å². The van der Waals surface area contributed by atoms with Crippen molar-refractivity contribution in [1.29, 1.82) is 5.26 Å². The second kappa shape index (κ2) is 13.8. The number of aryl methyl sites for hydroxylation is 1. The third-order valence-corrected chi connectivity index (χ3v) is 11.5. The first-order valence-electron chi connectivity index (χ1n) is 19.8. The Morgan fingerprint density at radius 2 is 0.915 bits per heavy atom. The smallest absolute Gasteiger partial charge is 0.235 e. The molecule has 0 amide bonds. The van der Waals surface area contributed by atoms with Crippen LogP contribution < -0.4 is 0 Å². The Morgan fingerprint density at radius 3 is 1.66 bits per heavy atom. The molecule has 8 aromatic carbocycles. The maximum atomic E-state index is 9.29. The van der Waals surface area contributed by atoms with Crippen LogP contribution in [0.4, 0.5) is 0 Å². The molecule has 0 spiro atoms. The van der Waals surface area contributed by atoms with Crippen molar-refractivity contribution in [3.63, 3.8) is 0 Å². The van der Waals surface area contributed by atoms with Gasteiger partial charge in [0.2, 0.25) is 5.95 Å². The first kappa shape index (κ1) is 34.2. The number of para-hydroxylation sites is 2. The first-order chi connectivity index (χ1) is 29.1. The largest absolute Gasteiger partial charge is 0.309 e. The molecule has 0 aliphatic rings. The molecule has 11 aromatic rings. The maximum Gasteiger partial charge on any atom is 0.235 e. The summed E-state index contributed by atoms with van der Waals surface area (Å²) in [6.07, 6.45) is 0. The predicted molar refractivity (Wildman–Crippen MR) is 242 cm³/mol. The molecule has 0 fully saturated rings. The van der Waals surface area contributed by atoms with Crippen LogP contribution in [0.5, 0.6) is 0 Å². The number of hydrogen-bond donors (Lipinski definition) is 0. The summed E-state index contributed by atoms with van der Waals surface area (Å²) >= 11 is 0. The van der Waals surface area contributed by atoms with Crippen molar-refractivity contribution in [1.82, 2.24) is 19.1 Å². The average molecular weight is 754 g/mol. The van der Waals surface area contributed by atoms with E-state index < -0.39 is 0 Å². The lowest BCUT2D eigenvalue weighted by atomic mass is 10.0. The average Bonchev–Trinajstić information content (AvgIpc) is 3.81. The SMILES string of the molecule is Cc1ccc2c(c1)c1ccc(-c3ccc4c(c3)c3ccccc3n4-c3ccccc3)cc1n2-c1nc(-c2ccccc2)cc(-c2ccc(-c3ccc(C#N)cc3)cc2)n1. The highest BCUT2D eigenvalue weighted by Gasteiger charge is 2.19. The molecule has 0 saturated heterocycles. The van der Waals surface area contributed by atoms with Crippen molar-refractivity contribution in [3.05, 3.63) is 205 Å². The van der Waals surface area contributed by atoms with Gasteiger partial charge in [0, 0.05) is 38.4 Å². The van der Waals surface area contributed by atoms with Gasteiger partial charge in [-0.15, -0.1) is 0 Å². The van der Waals surface area contributed by atoms with Gasteiger partial charge in [0.15, 0.2) is 0 Å². The van der Waals surface area contributed by atoms with Crippen molar-refractivity contribution < 1.29 is 0 Å². The molecule has 5 heteroatoms. The fourth-order valence-corrected chi connectivity index (χ4v) is 8.55. The van der Waals surface area contributed by atoms with Crippen LogP contribution in [-0.2, 0) is 0 Å². The van der Waals surface area contributed by atoms with Crippen LogP contribution in [0, 0.1) is 18.3 Å². The molecule has 0 aliphatic heterocycles. The number of hydrogen-bond acceptors (Lipinski definition) is 3. The number of fused-ring (bicyclic) bond motifs is 6. The highest BCUT2D eigenvalue weighted by Crippen LogP contribution is 2.39. The Morgan fingerprint density at radius 1 is 0.390 bits per heavy atom. The zero-order chi connectivity index (χ0) is 39.5. The fourth-order valence-electron chi connectivity index (χ4n) is 8.55. The number of rotatable bonds is 6. The summed E-state index contributed by atoms with van der Waals surface area (Å²) in [4.78, 5) is 10.6. The number of nitriles is 1. The van der Waals surface area contributed by atoms with E-state index in [0.29, 0.717) is 11.5 Å². The molecule has 0 bridgehead atoms. The van der Waals surface area contributed by atoms with E-state index in [1.807, 2.05) is 42.5 Å². The Kier molecular flexibility index (Phi) is 8.02. The molecular formula is C54H35N5. The van der Waals surface area contributed by atoms with Gasteiger partial charge in [-0.2, -0.15) is 5.26 Å². The summed E-state index contributed by atoms with van der Waals surface area (Å²) in [5.41, 5.74) is 15.5. The summed E-state index contributed by atoms with van der Waals surface area (Å²) in [7, 11) is 0. The molecule has 3 aromatic heterocycles. The zero-order valence-electron chi connectivity index (χ0n) is 32.2. The molecule has 5 nitrogen and oxygen atoms in total. The van der Waals surface area contributed by atoms with E-state index in [1.165, 1.54) is 27.4 Å². The molecule has 0 aliphatic carbocycles. The lowest BCUT2D eigenvalue weighted by Gasteiger charge is -2.13. The minimum Gasteiger partial charge on any atom is -0.309 e. The zero-order valence-corrected chi connectivity index (χ0v) is 32.2. The van der Waals surface area contributed by atoms with Crippen molar-refractivity contribution >= 4 is 43.6 Å². The van der Waals surface area contributed by atoms with Crippen LogP contribution in [0.3, 0.4) is 0 Å². The third kappa shape index (κ3) is 5.86. The first-order valence-corrected chi connectivity index (χ1v) is 19.8. The molecule has 0 unspecified atom stereocenters. The normalized spacial score (nSPS) is 11.5. The van der Waals surface area contributed by atoms with Crippen molar-refractivity contribution in [3.8, 4) is 62.5 Å². The van der Waals surface area contributed by atoms with Crippen LogP contribution in [-0.4, -0.2) is 19.1 Å². The second-order valence-electron chi connectivity index (χ2n) is 15.1. The Labute approximate surface area is 341 Å². The topological polar surface area (TPSA) is 59.4 Å². The molecular weight excluding hydrogens is 719 g/mol. The Balaban J connectivity index is 1.10. The Hall–Kier alpha value is -8.07. The molecule has 0 N–H and O–H groups in total. The summed E-state index contributed by atoms with van der Waals surface area (Å²) in [5, 5.41) is 14.0. The quantitative estimate of drug-likeness (QED) is 0.170. The molecule has 0 atom stereocenters. The minimum atomic E-state index is 0.611. The molecule has 59 heavy (non-hydrogen) atoms. The second-order valence-corrected chi connectivity index (χ2v) is 15.1. The van der Waals surface area contributed by atoms with Gasteiger partial charge in [-0.3, -0.25) is 4.57 Å². The fraction of sp³-hybridized carbons (Fsp3) is 0.0185. The predicted octanol–water partition coefficient (Wildman–Crippen LogP) is 13.5. The van der Waals surface area contributed by atoms with Crippen molar-refractivity contribution in [2.75, 3.05) is 0 Å². The van der Waals surface area contributed by atoms with E-state index in [0.717, 1.165) is 72.3 Å². The van der Waals surface area contributed by atoms with E-state index in [1.54, 1.807) is 0 Å². The molecule has 0 saturated carbocycles. The van der Waals surface area contributed by atoms with Crippen LogP contribution in [0.2, 0.25) is 0 Å². The van der Waals surface area contributed by atoms with Gasteiger partial charge in [-0.1, -0.05) is 133 Å². The maximum absolute atomic E-state index is 9.29. The van der Waals surface area contributed by atoms with Gasteiger partial charge in [-0.25, -0.2) is 9.97 Å². The van der Waals surface area contributed by atoms with Crippen LogP contribution in [0.25, 0.3) is 100 Å². The summed E-state index contributed by atoms with van der Waals surface area (Å²) < 4.78 is 4.58. The molecule has 0 radical (unpaired) electrons. The van der Waals surface area contributed by atoms with Gasteiger partial charge in [0.05, 0.1) is 45.1 Å². The standard InChI is InChI=1S/C54H35N5/c1-35-16-28-52-46(30-35)45-27-25-42(41-26-29-51-47(31-41)44-14-8-9-15-50(44)58(51)43-12-6-3-7-13-43)32-53(45)59(52)54-56-48(39-10-4-2-5-11-39)33-49(57-54)40-23-21-38(22-24-40)37-19-17-36(34-55)18-20-37/h2-33H,1H3. The molecule has 3 heterocycles. The Bertz CT molecular complexity index is 3430. The van der Waals surface area contributed by atoms with Gasteiger partial charge >= 0.3 is 0 Å². The third-order valence-electron chi connectivity index (χ3n) is 11.5. The van der Waals surface area contributed by atoms with Gasteiger partial charge in [0.25, 0.3) is 0 Å². The summed E-state index contributed by atoms with van der Waals surface area (Å²) in [6, 6.07) is 70.3. The monoisotopic (exact) mass is 753 g/mol. The van der Waals surface area contributed by atoms with E-state index >= 15 is 0 Å². The van der Waals surface area contributed by atoms with E-state index in [9.17, 15) is 5.26 Å². The highest BCUT2D eigenvalue weighted by atomic mass is 15.2. The minimum absolute atomic E-state index is 0.611. The number of aromatic nitrogens is 4. The van der Waals surface area contributed by atoms with E-state index in [-0.39, 0.29) is 0 Å². The van der Waals surface area contributed by atoms with Crippen molar-refractivity contribution in [2.24, 2.45) is 0 Å². The van der Waals surface area contributed by atoms with Crippen molar-refractivity contribution in [2.45, 2.75) is 6.92 Å². The molecule has 276 valence electrons.